The minimum Gasteiger partial charge on any atom is -0.491 e. The normalized spacial score (nSPS) is 10.7. The van der Waals surface area contributed by atoms with Gasteiger partial charge in [-0.15, -0.1) is 0 Å². The Morgan fingerprint density at radius 2 is 2.00 bits per heavy atom. The van der Waals surface area contributed by atoms with Crippen molar-refractivity contribution in [3.05, 3.63) is 28.5 Å². The fraction of sp³-hybridized carbons (Fsp3) is 0.455. The zero-order chi connectivity index (χ0) is 11.3. The minimum atomic E-state index is -0.316. The molecule has 0 heterocycles. The largest absolute Gasteiger partial charge is 0.491 e. The van der Waals surface area contributed by atoms with Crippen molar-refractivity contribution in [3.63, 3.8) is 0 Å². The lowest BCUT2D eigenvalue weighted by molar-refractivity contribution is 0.0552. The molecule has 0 spiro atoms. The van der Waals surface area contributed by atoms with E-state index in [1.54, 1.807) is 6.07 Å². The van der Waals surface area contributed by atoms with Gasteiger partial charge in [-0.3, -0.25) is 0 Å². The van der Waals surface area contributed by atoms with E-state index in [4.69, 9.17) is 9.47 Å². The van der Waals surface area contributed by atoms with Crippen LogP contribution in [0.4, 0.5) is 4.39 Å². The van der Waals surface area contributed by atoms with Crippen LogP contribution in [0.2, 0.25) is 0 Å². The highest BCUT2D eigenvalue weighted by Crippen LogP contribution is 2.20. The maximum Gasteiger partial charge on any atom is 0.128 e. The van der Waals surface area contributed by atoms with Gasteiger partial charge in [-0.2, -0.15) is 0 Å². The molecule has 2 nitrogen and oxygen atoms in total. The molecular weight excluding hydrogens is 263 g/mol. The first-order valence-corrected chi connectivity index (χ1v) is 5.57. The molecule has 0 fully saturated rings. The van der Waals surface area contributed by atoms with Crippen LogP contribution in [-0.2, 0) is 4.74 Å². The first-order chi connectivity index (χ1) is 7.08. The van der Waals surface area contributed by atoms with Gasteiger partial charge in [0, 0.05) is 10.5 Å². The van der Waals surface area contributed by atoms with Gasteiger partial charge in [0.2, 0.25) is 0 Å². The maximum absolute atomic E-state index is 12.9. The molecule has 0 bridgehead atoms. The molecule has 1 rings (SSSR count). The highest BCUT2D eigenvalue weighted by atomic mass is 79.9. The summed E-state index contributed by atoms with van der Waals surface area (Å²) in [5.41, 5.74) is 0. The lowest BCUT2D eigenvalue weighted by Gasteiger charge is -2.09. The van der Waals surface area contributed by atoms with Crippen LogP contribution in [0.15, 0.2) is 22.7 Å². The van der Waals surface area contributed by atoms with Crippen molar-refractivity contribution in [2.75, 3.05) is 13.2 Å². The lowest BCUT2D eigenvalue weighted by atomic mass is 10.3. The predicted molar refractivity (Wildman–Crippen MR) is 60.7 cm³/mol. The van der Waals surface area contributed by atoms with Gasteiger partial charge in [-0.1, -0.05) is 15.9 Å². The fourth-order valence-corrected chi connectivity index (χ4v) is 1.50. The molecule has 0 aliphatic carbocycles. The number of hydrogen-bond donors (Lipinski definition) is 0. The summed E-state index contributed by atoms with van der Waals surface area (Å²) in [6.07, 6.45) is 0.188. The molecule has 0 amide bonds. The summed E-state index contributed by atoms with van der Waals surface area (Å²) in [6, 6.07) is 4.45. The zero-order valence-electron chi connectivity index (χ0n) is 8.80. The molecule has 0 aliphatic heterocycles. The van der Waals surface area contributed by atoms with E-state index in [2.05, 4.69) is 15.9 Å². The Morgan fingerprint density at radius 1 is 1.27 bits per heavy atom. The molecule has 0 atom stereocenters. The summed E-state index contributed by atoms with van der Waals surface area (Å²) < 4.78 is 24.2. The van der Waals surface area contributed by atoms with Crippen molar-refractivity contribution in [1.82, 2.24) is 0 Å². The van der Waals surface area contributed by atoms with E-state index in [-0.39, 0.29) is 11.9 Å². The van der Waals surface area contributed by atoms with E-state index in [9.17, 15) is 4.39 Å². The standard InChI is InChI=1S/C11H14BrFO2/c1-8(2)14-3-4-15-11-6-9(12)5-10(13)7-11/h5-8H,3-4H2,1-2H3. The van der Waals surface area contributed by atoms with Crippen molar-refractivity contribution >= 4 is 15.9 Å². The van der Waals surface area contributed by atoms with E-state index in [0.717, 1.165) is 0 Å². The summed E-state index contributed by atoms with van der Waals surface area (Å²) >= 11 is 3.19. The van der Waals surface area contributed by atoms with E-state index < -0.39 is 0 Å². The van der Waals surface area contributed by atoms with Crippen LogP contribution >= 0.6 is 15.9 Å². The molecule has 0 saturated carbocycles. The van der Waals surface area contributed by atoms with Gasteiger partial charge in [-0.05, 0) is 26.0 Å². The summed E-state index contributed by atoms with van der Waals surface area (Å²) in [5, 5.41) is 0. The van der Waals surface area contributed by atoms with E-state index >= 15 is 0 Å². The summed E-state index contributed by atoms with van der Waals surface area (Å²) in [4.78, 5) is 0. The van der Waals surface area contributed by atoms with Crippen molar-refractivity contribution < 1.29 is 13.9 Å². The Balaban J connectivity index is 2.37. The third-order valence-corrected chi connectivity index (χ3v) is 2.10. The minimum absolute atomic E-state index is 0.188. The molecular formula is C11H14BrFO2. The molecule has 4 heteroatoms. The second kappa shape index (κ2) is 6.08. The average Bonchev–Trinajstić information content (AvgIpc) is 2.10. The van der Waals surface area contributed by atoms with Gasteiger partial charge in [0.25, 0.3) is 0 Å². The molecule has 0 aromatic heterocycles. The SMILES string of the molecule is CC(C)OCCOc1cc(F)cc(Br)c1. The Morgan fingerprint density at radius 3 is 2.60 bits per heavy atom. The molecule has 0 radical (unpaired) electrons. The number of hydrogen-bond acceptors (Lipinski definition) is 2. The second-order valence-electron chi connectivity index (χ2n) is 3.37. The number of rotatable bonds is 5. The molecule has 1 aromatic rings. The predicted octanol–water partition coefficient (Wildman–Crippen LogP) is 3.39. The van der Waals surface area contributed by atoms with E-state index in [0.29, 0.717) is 23.4 Å². The van der Waals surface area contributed by atoms with Crippen molar-refractivity contribution in [2.24, 2.45) is 0 Å². The molecule has 0 aliphatic rings. The van der Waals surface area contributed by atoms with Crippen molar-refractivity contribution in [3.8, 4) is 5.75 Å². The van der Waals surface area contributed by atoms with Crippen LogP contribution in [0.3, 0.4) is 0 Å². The van der Waals surface area contributed by atoms with Gasteiger partial charge in [0.1, 0.15) is 18.2 Å². The third kappa shape index (κ3) is 5.14. The summed E-state index contributed by atoms with van der Waals surface area (Å²) in [5.74, 6) is 0.193. The van der Waals surface area contributed by atoms with Crippen LogP contribution in [0.1, 0.15) is 13.8 Å². The first kappa shape index (κ1) is 12.5. The molecule has 0 unspecified atom stereocenters. The van der Waals surface area contributed by atoms with Gasteiger partial charge in [0.05, 0.1) is 12.7 Å². The van der Waals surface area contributed by atoms with Gasteiger partial charge in [0.15, 0.2) is 0 Å². The summed E-state index contributed by atoms with van der Waals surface area (Å²) in [7, 11) is 0. The monoisotopic (exact) mass is 276 g/mol. The van der Waals surface area contributed by atoms with Crippen LogP contribution in [-0.4, -0.2) is 19.3 Å². The maximum atomic E-state index is 12.9. The Hall–Kier alpha value is -0.610. The molecule has 1 aromatic carbocycles. The number of ether oxygens (including phenoxy) is 2. The Bertz CT molecular complexity index is 295. The van der Waals surface area contributed by atoms with Crippen LogP contribution in [0, 0.1) is 5.82 Å². The molecule has 0 N–H and O–H groups in total. The van der Waals surface area contributed by atoms with Gasteiger partial charge in [-0.25, -0.2) is 4.39 Å². The quantitative estimate of drug-likeness (QED) is 0.768. The molecule has 15 heavy (non-hydrogen) atoms. The molecule has 84 valence electrons. The first-order valence-electron chi connectivity index (χ1n) is 4.78. The highest BCUT2D eigenvalue weighted by Gasteiger charge is 2.00. The van der Waals surface area contributed by atoms with Crippen molar-refractivity contribution in [2.45, 2.75) is 20.0 Å². The average molecular weight is 277 g/mol. The van der Waals surface area contributed by atoms with Gasteiger partial charge >= 0.3 is 0 Å². The smallest absolute Gasteiger partial charge is 0.128 e. The topological polar surface area (TPSA) is 18.5 Å². The van der Waals surface area contributed by atoms with E-state index in [1.807, 2.05) is 13.8 Å². The second-order valence-corrected chi connectivity index (χ2v) is 4.29. The Labute approximate surface area is 97.5 Å². The van der Waals surface area contributed by atoms with Crippen LogP contribution in [0.25, 0.3) is 0 Å². The fourth-order valence-electron chi connectivity index (χ4n) is 1.06. The van der Waals surface area contributed by atoms with Gasteiger partial charge < -0.3 is 9.47 Å². The van der Waals surface area contributed by atoms with Crippen LogP contribution in [0.5, 0.6) is 5.75 Å². The number of benzene rings is 1. The zero-order valence-corrected chi connectivity index (χ0v) is 10.4. The number of halogens is 2. The van der Waals surface area contributed by atoms with Crippen LogP contribution < -0.4 is 4.74 Å². The molecule has 0 saturated heterocycles. The third-order valence-electron chi connectivity index (χ3n) is 1.64. The van der Waals surface area contributed by atoms with E-state index in [1.165, 1.54) is 12.1 Å². The highest BCUT2D eigenvalue weighted by molar-refractivity contribution is 9.10. The Kier molecular flexibility index (Phi) is 5.05. The summed E-state index contributed by atoms with van der Waals surface area (Å²) in [6.45, 7) is 4.84. The lowest BCUT2D eigenvalue weighted by Crippen LogP contribution is -2.11. The van der Waals surface area contributed by atoms with Crippen molar-refractivity contribution in [1.29, 1.82) is 0 Å².